The van der Waals surface area contributed by atoms with Crippen molar-refractivity contribution in [3.63, 3.8) is 0 Å². The van der Waals surface area contributed by atoms with E-state index in [0.717, 1.165) is 22.3 Å². The predicted molar refractivity (Wildman–Crippen MR) is 108 cm³/mol. The van der Waals surface area contributed by atoms with Gasteiger partial charge in [-0.1, -0.05) is 12.1 Å². The molecule has 9 nitrogen and oxygen atoms in total. The average molecular weight is 432 g/mol. The molecular formula is C22H24O9. The third-order valence-electron chi connectivity index (χ3n) is 4.65. The van der Waals surface area contributed by atoms with Gasteiger partial charge in [-0.3, -0.25) is 0 Å². The van der Waals surface area contributed by atoms with Gasteiger partial charge in [0.1, 0.15) is 0 Å². The van der Waals surface area contributed by atoms with Gasteiger partial charge in [-0.2, -0.15) is 0 Å². The molecule has 0 unspecified atom stereocenters. The fourth-order valence-electron chi connectivity index (χ4n) is 2.42. The van der Waals surface area contributed by atoms with Crippen molar-refractivity contribution >= 4 is 23.9 Å². The molecule has 0 aliphatic rings. The van der Waals surface area contributed by atoms with Gasteiger partial charge in [-0.15, -0.1) is 0 Å². The van der Waals surface area contributed by atoms with Crippen LogP contribution < -0.4 is 0 Å². The minimum absolute atomic E-state index is 0. The second-order valence-electron chi connectivity index (χ2n) is 6.90. The molecule has 0 fully saturated rings. The SMILES string of the molecule is Cc1ccc(C(=O)OC(=O)[C@@H](O)[C@H](O)C(=O)OC(=O)c2ccc(C)c(C)c2)cc1C.O. The van der Waals surface area contributed by atoms with Gasteiger partial charge in [0.25, 0.3) is 0 Å². The van der Waals surface area contributed by atoms with Crippen molar-refractivity contribution in [2.75, 3.05) is 0 Å². The molecule has 0 aliphatic carbocycles. The van der Waals surface area contributed by atoms with Crippen LogP contribution in [-0.4, -0.2) is 51.8 Å². The molecule has 0 amide bonds. The summed E-state index contributed by atoms with van der Waals surface area (Å²) >= 11 is 0. The van der Waals surface area contributed by atoms with Crippen molar-refractivity contribution in [2.24, 2.45) is 0 Å². The van der Waals surface area contributed by atoms with Gasteiger partial charge in [-0.25, -0.2) is 19.2 Å². The van der Waals surface area contributed by atoms with Crippen LogP contribution in [0.15, 0.2) is 36.4 Å². The summed E-state index contributed by atoms with van der Waals surface area (Å²) in [6, 6.07) is 9.14. The number of ether oxygens (including phenoxy) is 2. The van der Waals surface area contributed by atoms with Gasteiger partial charge in [0.05, 0.1) is 11.1 Å². The van der Waals surface area contributed by atoms with E-state index in [4.69, 9.17) is 0 Å². The van der Waals surface area contributed by atoms with Gasteiger partial charge >= 0.3 is 23.9 Å². The zero-order valence-corrected chi connectivity index (χ0v) is 17.5. The van der Waals surface area contributed by atoms with E-state index in [1.54, 1.807) is 26.0 Å². The number of carbonyl (C=O) groups excluding carboxylic acids is 4. The van der Waals surface area contributed by atoms with Gasteiger partial charge in [0.15, 0.2) is 12.2 Å². The Labute approximate surface area is 178 Å². The maximum absolute atomic E-state index is 12.0. The number of hydrogen-bond acceptors (Lipinski definition) is 8. The summed E-state index contributed by atoms with van der Waals surface area (Å²) in [7, 11) is 0. The van der Waals surface area contributed by atoms with E-state index in [9.17, 15) is 29.4 Å². The molecule has 2 rings (SSSR count). The molecule has 0 spiro atoms. The molecule has 0 radical (unpaired) electrons. The lowest BCUT2D eigenvalue weighted by molar-refractivity contribution is -0.166. The lowest BCUT2D eigenvalue weighted by Crippen LogP contribution is -2.43. The standard InChI is InChI=1S/C22H22O8.H2O/c1-11-5-7-15(9-13(11)3)19(25)29-21(27)17(23)18(24)22(28)30-20(26)16-8-6-12(2)14(4)10-16;/h5-10,17-18,23-24H,1-4H3;1H2/t17-,18-;/m0./s1. The Morgan fingerprint density at radius 3 is 1.26 bits per heavy atom. The molecule has 2 atom stereocenters. The maximum atomic E-state index is 12.0. The van der Waals surface area contributed by atoms with Crippen LogP contribution in [-0.2, 0) is 19.1 Å². The Bertz CT molecular complexity index is 929. The van der Waals surface area contributed by atoms with Crippen molar-refractivity contribution < 1.29 is 44.3 Å². The molecule has 2 aromatic rings. The molecule has 0 aromatic heterocycles. The van der Waals surface area contributed by atoms with E-state index in [0.29, 0.717) is 0 Å². The maximum Gasteiger partial charge on any atom is 0.346 e. The highest BCUT2D eigenvalue weighted by Gasteiger charge is 2.35. The largest absolute Gasteiger partial charge is 0.412 e. The molecule has 0 saturated heterocycles. The topological polar surface area (TPSA) is 159 Å². The van der Waals surface area contributed by atoms with Crippen LogP contribution in [0.5, 0.6) is 0 Å². The van der Waals surface area contributed by atoms with Crippen LogP contribution in [0.3, 0.4) is 0 Å². The van der Waals surface area contributed by atoms with Gasteiger partial charge < -0.3 is 25.2 Å². The van der Waals surface area contributed by atoms with Gasteiger partial charge in [-0.05, 0) is 74.2 Å². The summed E-state index contributed by atoms with van der Waals surface area (Å²) in [5.74, 6) is -5.23. The smallest absolute Gasteiger partial charge is 0.346 e. The number of carbonyl (C=O) groups is 4. The lowest BCUT2D eigenvalue weighted by Gasteiger charge is -2.15. The van der Waals surface area contributed by atoms with Crippen LogP contribution in [0.2, 0.25) is 0 Å². The van der Waals surface area contributed by atoms with Crippen molar-refractivity contribution in [2.45, 2.75) is 39.9 Å². The minimum atomic E-state index is -2.42. The zero-order valence-electron chi connectivity index (χ0n) is 17.5. The summed E-state index contributed by atoms with van der Waals surface area (Å²) in [6.07, 6.45) is -4.83. The Balaban J connectivity index is 0.00000480. The summed E-state index contributed by atoms with van der Waals surface area (Å²) < 4.78 is 9.00. The van der Waals surface area contributed by atoms with Crippen molar-refractivity contribution in [3.8, 4) is 0 Å². The van der Waals surface area contributed by atoms with E-state index in [1.807, 2.05) is 13.8 Å². The monoisotopic (exact) mass is 432 g/mol. The van der Waals surface area contributed by atoms with E-state index in [1.165, 1.54) is 24.3 Å². The predicted octanol–water partition coefficient (Wildman–Crippen LogP) is 0.884. The van der Waals surface area contributed by atoms with Gasteiger partial charge in [0.2, 0.25) is 0 Å². The Hall–Kier alpha value is -3.40. The highest BCUT2D eigenvalue weighted by Crippen LogP contribution is 2.13. The third kappa shape index (κ3) is 6.29. The number of rotatable bonds is 5. The van der Waals surface area contributed by atoms with Crippen LogP contribution in [0.4, 0.5) is 0 Å². The summed E-state index contributed by atoms with van der Waals surface area (Å²) in [4.78, 5) is 47.9. The minimum Gasteiger partial charge on any atom is -0.412 e. The molecule has 0 heterocycles. The number of benzene rings is 2. The van der Waals surface area contributed by atoms with E-state index < -0.39 is 36.1 Å². The zero-order chi connectivity index (χ0) is 22.6. The summed E-state index contributed by atoms with van der Waals surface area (Å²) in [6.45, 7) is 7.19. The quantitative estimate of drug-likeness (QED) is 0.520. The van der Waals surface area contributed by atoms with Gasteiger partial charge in [0, 0.05) is 0 Å². The first-order valence-electron chi connectivity index (χ1n) is 9.04. The number of aryl methyl sites for hydroxylation is 4. The fourth-order valence-corrected chi connectivity index (χ4v) is 2.42. The first kappa shape index (κ1) is 25.6. The van der Waals surface area contributed by atoms with E-state index in [-0.39, 0.29) is 16.6 Å². The van der Waals surface area contributed by atoms with E-state index in [2.05, 4.69) is 9.47 Å². The molecule has 2 aromatic carbocycles. The number of esters is 4. The van der Waals surface area contributed by atoms with Crippen LogP contribution in [0, 0.1) is 27.7 Å². The Kier molecular flexibility index (Phi) is 8.75. The molecule has 0 bridgehead atoms. The van der Waals surface area contributed by atoms with E-state index >= 15 is 0 Å². The Morgan fingerprint density at radius 1 is 0.645 bits per heavy atom. The first-order valence-corrected chi connectivity index (χ1v) is 9.04. The number of aliphatic hydroxyl groups excluding tert-OH is 2. The van der Waals surface area contributed by atoms with Crippen molar-refractivity contribution in [1.82, 2.24) is 0 Å². The Morgan fingerprint density at radius 2 is 0.968 bits per heavy atom. The molecular weight excluding hydrogens is 408 g/mol. The summed E-state index contributed by atoms with van der Waals surface area (Å²) in [5, 5.41) is 19.7. The second kappa shape index (κ2) is 10.6. The van der Waals surface area contributed by atoms with Crippen molar-refractivity contribution in [1.29, 1.82) is 0 Å². The highest BCUT2D eigenvalue weighted by atomic mass is 16.6. The second-order valence-corrected chi connectivity index (χ2v) is 6.90. The normalized spacial score (nSPS) is 12.2. The molecule has 166 valence electrons. The van der Waals surface area contributed by atoms with Crippen LogP contribution in [0.1, 0.15) is 43.0 Å². The third-order valence-corrected chi connectivity index (χ3v) is 4.65. The lowest BCUT2D eigenvalue weighted by atomic mass is 10.1. The van der Waals surface area contributed by atoms with Crippen molar-refractivity contribution in [3.05, 3.63) is 69.8 Å². The number of hydrogen-bond donors (Lipinski definition) is 2. The average Bonchev–Trinajstić information content (AvgIpc) is 2.70. The van der Waals surface area contributed by atoms with Crippen LogP contribution >= 0.6 is 0 Å². The highest BCUT2D eigenvalue weighted by molar-refractivity contribution is 6.01. The molecule has 0 aliphatic heterocycles. The first-order chi connectivity index (χ1) is 14.0. The number of aliphatic hydroxyl groups is 2. The molecule has 4 N–H and O–H groups in total. The fraction of sp³-hybridized carbons (Fsp3) is 0.273. The molecule has 0 saturated carbocycles. The van der Waals surface area contributed by atoms with Crippen LogP contribution in [0.25, 0.3) is 0 Å². The molecule has 9 heteroatoms. The molecule has 31 heavy (non-hydrogen) atoms. The summed E-state index contributed by atoms with van der Waals surface area (Å²) in [5.41, 5.74) is 3.52.